The van der Waals surface area contributed by atoms with Crippen molar-refractivity contribution >= 4 is 6.09 Å². The van der Waals surface area contributed by atoms with Gasteiger partial charge in [0.1, 0.15) is 0 Å². The number of ether oxygens (including phenoxy) is 1. The van der Waals surface area contributed by atoms with Crippen molar-refractivity contribution in [2.45, 2.75) is 71.1 Å². The van der Waals surface area contributed by atoms with Crippen LogP contribution in [0.2, 0.25) is 0 Å². The molecule has 3 heteroatoms. The molecule has 0 spiro atoms. The van der Waals surface area contributed by atoms with Crippen LogP contribution in [0, 0.1) is 0 Å². The molecule has 0 aliphatic rings. The zero-order valence-corrected chi connectivity index (χ0v) is 11.8. The van der Waals surface area contributed by atoms with Crippen molar-refractivity contribution in [3.63, 3.8) is 0 Å². The molecule has 0 radical (unpaired) electrons. The van der Waals surface area contributed by atoms with Crippen LogP contribution in [0.3, 0.4) is 0 Å². The summed E-state index contributed by atoms with van der Waals surface area (Å²) in [6.07, 6.45) is 16.2. The molecular formula is C15H29NO2. The van der Waals surface area contributed by atoms with Gasteiger partial charge in [-0.1, -0.05) is 57.6 Å². The van der Waals surface area contributed by atoms with Gasteiger partial charge in [-0.05, 0) is 25.7 Å². The number of nitrogens with two attached hydrogens (primary N) is 1. The van der Waals surface area contributed by atoms with Crippen molar-refractivity contribution < 1.29 is 9.53 Å². The highest BCUT2D eigenvalue weighted by molar-refractivity contribution is 5.64. The Hall–Kier alpha value is -0.990. The van der Waals surface area contributed by atoms with E-state index in [0.29, 0.717) is 6.61 Å². The molecule has 0 saturated carbocycles. The van der Waals surface area contributed by atoms with E-state index in [1.807, 2.05) is 0 Å². The molecule has 0 aliphatic heterocycles. The second-order valence-corrected chi connectivity index (χ2v) is 4.66. The van der Waals surface area contributed by atoms with Gasteiger partial charge >= 0.3 is 6.09 Å². The minimum atomic E-state index is -0.660. The molecule has 0 aliphatic carbocycles. The van der Waals surface area contributed by atoms with E-state index in [0.717, 1.165) is 19.3 Å². The fourth-order valence-corrected chi connectivity index (χ4v) is 1.88. The molecule has 0 rings (SSSR count). The van der Waals surface area contributed by atoms with Gasteiger partial charge in [-0.25, -0.2) is 4.79 Å². The zero-order valence-electron chi connectivity index (χ0n) is 11.8. The van der Waals surface area contributed by atoms with Gasteiger partial charge in [-0.15, -0.1) is 0 Å². The summed E-state index contributed by atoms with van der Waals surface area (Å²) in [5.74, 6) is 0. The topological polar surface area (TPSA) is 52.3 Å². The molecule has 1 amide bonds. The van der Waals surface area contributed by atoms with Crippen LogP contribution in [0.4, 0.5) is 4.79 Å². The third kappa shape index (κ3) is 15.0. The Morgan fingerprint density at radius 1 is 0.944 bits per heavy atom. The summed E-state index contributed by atoms with van der Waals surface area (Å²) >= 11 is 0. The Kier molecular flexibility index (Phi) is 13.3. The number of primary amides is 1. The molecule has 0 aromatic heterocycles. The summed E-state index contributed by atoms with van der Waals surface area (Å²) in [5, 5.41) is 0. The first-order valence-electron chi connectivity index (χ1n) is 7.34. The lowest BCUT2D eigenvalue weighted by Crippen LogP contribution is -2.13. The monoisotopic (exact) mass is 255 g/mol. The first-order chi connectivity index (χ1) is 8.77. The Labute approximate surface area is 112 Å². The number of amides is 1. The second kappa shape index (κ2) is 14.1. The predicted octanol–water partition coefficient (Wildman–Crippen LogP) is 4.56. The van der Waals surface area contributed by atoms with E-state index in [9.17, 15) is 4.79 Å². The van der Waals surface area contributed by atoms with Crippen LogP contribution in [0.15, 0.2) is 12.2 Å². The molecule has 3 nitrogen and oxygen atoms in total. The molecule has 0 bridgehead atoms. The van der Waals surface area contributed by atoms with Crippen LogP contribution in [0.5, 0.6) is 0 Å². The third-order valence-corrected chi connectivity index (χ3v) is 2.91. The van der Waals surface area contributed by atoms with Crippen LogP contribution < -0.4 is 5.73 Å². The molecule has 0 aromatic rings. The average molecular weight is 255 g/mol. The molecule has 0 saturated heterocycles. The summed E-state index contributed by atoms with van der Waals surface area (Å²) in [4.78, 5) is 10.3. The molecule has 0 fully saturated rings. The molecule has 0 aromatic carbocycles. The number of hydrogen-bond acceptors (Lipinski definition) is 2. The van der Waals surface area contributed by atoms with Crippen molar-refractivity contribution in [1.82, 2.24) is 0 Å². The number of rotatable bonds is 12. The number of allylic oxidation sites excluding steroid dienone is 2. The minimum Gasteiger partial charge on any atom is -0.450 e. The first-order valence-corrected chi connectivity index (χ1v) is 7.34. The van der Waals surface area contributed by atoms with Crippen molar-refractivity contribution in [1.29, 1.82) is 0 Å². The van der Waals surface area contributed by atoms with Gasteiger partial charge in [0.25, 0.3) is 0 Å². The van der Waals surface area contributed by atoms with Gasteiger partial charge in [0, 0.05) is 0 Å². The van der Waals surface area contributed by atoms with E-state index in [2.05, 4.69) is 23.8 Å². The van der Waals surface area contributed by atoms with Crippen LogP contribution in [0.1, 0.15) is 71.1 Å². The van der Waals surface area contributed by atoms with E-state index >= 15 is 0 Å². The number of carbonyl (C=O) groups excluding carboxylic acids is 1. The molecule has 0 heterocycles. The standard InChI is InChI=1S/C15H29NO2/c1-2-3-4-5-6-7-8-9-10-11-12-13-14-18-15(16)17/h3-4H,2,5-14H2,1H3,(H2,16,17). The smallest absolute Gasteiger partial charge is 0.404 e. The maximum Gasteiger partial charge on any atom is 0.404 e. The number of hydrogen-bond donors (Lipinski definition) is 1. The van der Waals surface area contributed by atoms with Gasteiger partial charge in [0.15, 0.2) is 0 Å². The average Bonchev–Trinajstić information content (AvgIpc) is 2.34. The summed E-state index contributed by atoms with van der Waals surface area (Å²) in [6, 6.07) is 0. The van der Waals surface area contributed by atoms with Gasteiger partial charge in [-0.3, -0.25) is 0 Å². The van der Waals surface area contributed by atoms with E-state index < -0.39 is 6.09 Å². The SMILES string of the molecule is CCC=CCCCCCCCCCCOC(N)=O. The maximum atomic E-state index is 10.3. The van der Waals surface area contributed by atoms with Gasteiger partial charge < -0.3 is 10.5 Å². The Morgan fingerprint density at radius 2 is 1.50 bits per heavy atom. The summed E-state index contributed by atoms with van der Waals surface area (Å²) in [7, 11) is 0. The highest BCUT2D eigenvalue weighted by Gasteiger charge is 1.94. The lowest BCUT2D eigenvalue weighted by atomic mass is 10.1. The third-order valence-electron chi connectivity index (χ3n) is 2.91. The summed E-state index contributed by atoms with van der Waals surface area (Å²) < 4.78 is 4.67. The quantitative estimate of drug-likeness (QED) is 0.410. The van der Waals surface area contributed by atoms with Crippen LogP contribution in [-0.4, -0.2) is 12.7 Å². The van der Waals surface area contributed by atoms with Crippen molar-refractivity contribution in [2.24, 2.45) is 5.73 Å². The summed E-state index contributed by atoms with van der Waals surface area (Å²) in [6.45, 7) is 2.64. The highest BCUT2D eigenvalue weighted by atomic mass is 16.5. The van der Waals surface area contributed by atoms with E-state index in [-0.39, 0.29) is 0 Å². The normalized spacial score (nSPS) is 10.9. The lowest BCUT2D eigenvalue weighted by molar-refractivity contribution is 0.154. The predicted molar refractivity (Wildman–Crippen MR) is 76.5 cm³/mol. The van der Waals surface area contributed by atoms with Gasteiger partial charge in [0.2, 0.25) is 0 Å². The second-order valence-electron chi connectivity index (χ2n) is 4.66. The minimum absolute atomic E-state index is 0.471. The van der Waals surface area contributed by atoms with Crippen molar-refractivity contribution in [2.75, 3.05) is 6.61 Å². The molecule has 0 atom stereocenters. The fraction of sp³-hybridized carbons (Fsp3) is 0.800. The van der Waals surface area contributed by atoms with E-state index in [1.54, 1.807) is 0 Å². The molecule has 18 heavy (non-hydrogen) atoms. The fourth-order valence-electron chi connectivity index (χ4n) is 1.88. The van der Waals surface area contributed by atoms with E-state index in [1.165, 1.54) is 44.9 Å². The Bertz CT molecular complexity index is 215. The highest BCUT2D eigenvalue weighted by Crippen LogP contribution is 2.10. The largest absolute Gasteiger partial charge is 0.450 e. The molecule has 106 valence electrons. The van der Waals surface area contributed by atoms with Crippen LogP contribution >= 0.6 is 0 Å². The van der Waals surface area contributed by atoms with Crippen molar-refractivity contribution in [3.8, 4) is 0 Å². The Balaban J connectivity index is 2.99. The zero-order chi connectivity index (χ0) is 13.5. The van der Waals surface area contributed by atoms with Gasteiger partial charge in [0.05, 0.1) is 6.61 Å². The first kappa shape index (κ1) is 17.0. The molecule has 2 N–H and O–H groups in total. The van der Waals surface area contributed by atoms with Crippen LogP contribution in [0.25, 0.3) is 0 Å². The van der Waals surface area contributed by atoms with Gasteiger partial charge in [-0.2, -0.15) is 0 Å². The molecule has 0 unspecified atom stereocenters. The van der Waals surface area contributed by atoms with Crippen molar-refractivity contribution in [3.05, 3.63) is 12.2 Å². The number of unbranched alkanes of at least 4 members (excludes halogenated alkanes) is 8. The molecular weight excluding hydrogens is 226 g/mol. The lowest BCUT2D eigenvalue weighted by Gasteiger charge is -2.02. The van der Waals surface area contributed by atoms with E-state index in [4.69, 9.17) is 5.73 Å². The van der Waals surface area contributed by atoms with Crippen LogP contribution in [-0.2, 0) is 4.74 Å². The Morgan fingerprint density at radius 3 is 2.06 bits per heavy atom. The number of carbonyl (C=O) groups is 1. The maximum absolute atomic E-state index is 10.3. The summed E-state index contributed by atoms with van der Waals surface area (Å²) in [5.41, 5.74) is 4.87.